The normalized spacial score (nSPS) is 17.2. The number of nitrogens with one attached hydrogen (secondary N) is 2. The standard InChI is InChI=1S/C18H19FN4/c1-2-11-9-20-17-16(11)18(22-10-21-17)23-15-5-3-4-12-8-13(19)6-7-14(12)15/h6-10,15H,2-5H2,1H3,(H2,20,21,22,23)/t15-/m0/s1. The highest BCUT2D eigenvalue weighted by Crippen LogP contribution is 2.34. The van der Waals surface area contributed by atoms with Gasteiger partial charge in [-0.15, -0.1) is 0 Å². The lowest BCUT2D eigenvalue weighted by atomic mass is 9.87. The summed E-state index contributed by atoms with van der Waals surface area (Å²) >= 11 is 0. The summed E-state index contributed by atoms with van der Waals surface area (Å²) in [5.74, 6) is 0.697. The molecule has 3 aromatic rings. The largest absolute Gasteiger partial charge is 0.363 e. The van der Waals surface area contributed by atoms with Crippen LogP contribution < -0.4 is 5.32 Å². The van der Waals surface area contributed by atoms with Crippen molar-refractivity contribution < 1.29 is 4.39 Å². The molecule has 2 aromatic heterocycles. The lowest BCUT2D eigenvalue weighted by molar-refractivity contribution is 0.582. The number of halogens is 1. The molecule has 0 bridgehead atoms. The molecule has 1 atom stereocenters. The fraction of sp³-hybridized carbons (Fsp3) is 0.333. The van der Waals surface area contributed by atoms with Gasteiger partial charge in [-0.1, -0.05) is 13.0 Å². The summed E-state index contributed by atoms with van der Waals surface area (Å²) < 4.78 is 13.5. The molecule has 0 saturated heterocycles. The van der Waals surface area contributed by atoms with Crippen molar-refractivity contribution in [3.8, 4) is 0 Å². The van der Waals surface area contributed by atoms with Gasteiger partial charge in [-0.2, -0.15) is 0 Å². The Morgan fingerprint density at radius 2 is 2.26 bits per heavy atom. The van der Waals surface area contributed by atoms with Crippen LogP contribution in [-0.4, -0.2) is 15.0 Å². The van der Waals surface area contributed by atoms with Crippen LogP contribution in [0.2, 0.25) is 0 Å². The molecule has 0 saturated carbocycles. The molecule has 0 unspecified atom stereocenters. The number of aromatic nitrogens is 3. The fourth-order valence-electron chi connectivity index (χ4n) is 3.51. The maximum Gasteiger partial charge on any atom is 0.143 e. The third-order valence-electron chi connectivity index (χ3n) is 4.66. The second-order valence-electron chi connectivity index (χ2n) is 6.05. The average Bonchev–Trinajstić information content (AvgIpc) is 2.99. The van der Waals surface area contributed by atoms with Gasteiger partial charge < -0.3 is 10.3 Å². The molecule has 0 amide bonds. The van der Waals surface area contributed by atoms with Crippen molar-refractivity contribution in [3.63, 3.8) is 0 Å². The number of anilines is 1. The second-order valence-corrected chi connectivity index (χ2v) is 6.05. The predicted octanol–water partition coefficient (Wildman–Crippen LogP) is 4.15. The summed E-state index contributed by atoms with van der Waals surface area (Å²) in [5.41, 5.74) is 4.34. The molecule has 4 nitrogen and oxygen atoms in total. The summed E-state index contributed by atoms with van der Waals surface area (Å²) in [6.07, 6.45) is 7.51. The van der Waals surface area contributed by atoms with E-state index in [-0.39, 0.29) is 11.9 Å². The molecular weight excluding hydrogens is 291 g/mol. The van der Waals surface area contributed by atoms with Gasteiger partial charge in [0.25, 0.3) is 0 Å². The molecule has 4 rings (SSSR count). The van der Waals surface area contributed by atoms with Crippen LogP contribution in [-0.2, 0) is 12.8 Å². The number of benzene rings is 1. The second kappa shape index (κ2) is 5.65. The molecule has 0 fully saturated rings. The van der Waals surface area contributed by atoms with Crippen LogP contribution in [0, 0.1) is 5.82 Å². The van der Waals surface area contributed by atoms with Gasteiger partial charge in [0.1, 0.15) is 23.6 Å². The van der Waals surface area contributed by atoms with E-state index in [1.807, 2.05) is 12.3 Å². The van der Waals surface area contributed by atoms with Crippen LogP contribution in [0.15, 0.2) is 30.7 Å². The van der Waals surface area contributed by atoms with Gasteiger partial charge >= 0.3 is 0 Å². The number of H-pyrrole nitrogens is 1. The number of hydrogen-bond acceptors (Lipinski definition) is 3. The summed E-state index contributed by atoms with van der Waals surface area (Å²) in [4.78, 5) is 12.0. The zero-order chi connectivity index (χ0) is 15.8. The van der Waals surface area contributed by atoms with Crippen molar-refractivity contribution in [2.24, 2.45) is 0 Å². The van der Waals surface area contributed by atoms with Crippen LogP contribution in [0.25, 0.3) is 11.0 Å². The van der Waals surface area contributed by atoms with E-state index in [1.54, 1.807) is 18.5 Å². The van der Waals surface area contributed by atoms with Crippen LogP contribution in [0.4, 0.5) is 10.2 Å². The summed E-state index contributed by atoms with van der Waals surface area (Å²) in [7, 11) is 0. The van der Waals surface area contributed by atoms with E-state index in [2.05, 4.69) is 27.2 Å². The van der Waals surface area contributed by atoms with E-state index in [1.165, 1.54) is 11.1 Å². The first-order valence-corrected chi connectivity index (χ1v) is 8.12. The molecular formula is C18H19FN4. The van der Waals surface area contributed by atoms with Gasteiger partial charge in [0.05, 0.1) is 11.4 Å². The topological polar surface area (TPSA) is 53.6 Å². The maximum atomic E-state index is 13.5. The number of hydrogen-bond donors (Lipinski definition) is 2. The zero-order valence-electron chi connectivity index (χ0n) is 13.1. The van der Waals surface area contributed by atoms with Crippen molar-refractivity contribution in [1.29, 1.82) is 0 Å². The monoisotopic (exact) mass is 310 g/mol. The minimum atomic E-state index is -0.160. The van der Waals surface area contributed by atoms with Crippen molar-refractivity contribution >= 4 is 16.9 Å². The lowest BCUT2D eigenvalue weighted by Gasteiger charge is -2.27. The Bertz CT molecular complexity index is 855. The molecule has 1 aromatic carbocycles. The molecule has 2 heterocycles. The summed E-state index contributed by atoms with van der Waals surface area (Å²) in [6, 6.07) is 5.27. The van der Waals surface area contributed by atoms with Gasteiger partial charge in [-0.25, -0.2) is 14.4 Å². The quantitative estimate of drug-likeness (QED) is 0.764. The van der Waals surface area contributed by atoms with Crippen molar-refractivity contribution in [1.82, 2.24) is 15.0 Å². The molecule has 23 heavy (non-hydrogen) atoms. The highest BCUT2D eigenvalue weighted by molar-refractivity contribution is 5.90. The third-order valence-corrected chi connectivity index (χ3v) is 4.66. The Morgan fingerprint density at radius 3 is 3.13 bits per heavy atom. The number of fused-ring (bicyclic) bond motifs is 2. The van der Waals surface area contributed by atoms with Crippen LogP contribution in [0.3, 0.4) is 0 Å². The average molecular weight is 310 g/mol. The SMILES string of the molecule is CCc1c[nH]c2ncnc(N[C@H]3CCCc4cc(F)ccc43)c12. The maximum absolute atomic E-state index is 13.5. The molecule has 5 heteroatoms. The van der Waals surface area contributed by atoms with E-state index in [4.69, 9.17) is 0 Å². The molecule has 0 aliphatic heterocycles. The Hall–Kier alpha value is -2.43. The van der Waals surface area contributed by atoms with Gasteiger partial charge in [0.15, 0.2) is 0 Å². The zero-order valence-corrected chi connectivity index (χ0v) is 13.1. The Kier molecular flexibility index (Phi) is 3.48. The van der Waals surface area contributed by atoms with E-state index in [0.717, 1.165) is 48.1 Å². The predicted molar refractivity (Wildman–Crippen MR) is 89.0 cm³/mol. The van der Waals surface area contributed by atoms with Crippen molar-refractivity contribution in [2.75, 3.05) is 5.32 Å². The molecule has 1 aliphatic carbocycles. The Balaban J connectivity index is 1.74. The van der Waals surface area contributed by atoms with Gasteiger partial charge in [-0.3, -0.25) is 0 Å². The highest BCUT2D eigenvalue weighted by Gasteiger charge is 2.22. The van der Waals surface area contributed by atoms with Gasteiger partial charge in [0, 0.05) is 6.20 Å². The van der Waals surface area contributed by atoms with Crippen LogP contribution >= 0.6 is 0 Å². The van der Waals surface area contributed by atoms with Gasteiger partial charge in [-0.05, 0) is 54.5 Å². The van der Waals surface area contributed by atoms with Crippen LogP contribution in [0.1, 0.15) is 42.5 Å². The van der Waals surface area contributed by atoms with Crippen molar-refractivity contribution in [2.45, 2.75) is 38.6 Å². The minimum Gasteiger partial charge on any atom is -0.363 e. The van der Waals surface area contributed by atoms with Gasteiger partial charge in [0.2, 0.25) is 0 Å². The number of aryl methyl sites for hydroxylation is 2. The number of rotatable bonds is 3. The highest BCUT2D eigenvalue weighted by atomic mass is 19.1. The number of aromatic amines is 1. The number of nitrogens with zero attached hydrogens (tertiary/aromatic N) is 2. The molecule has 0 radical (unpaired) electrons. The molecule has 1 aliphatic rings. The van der Waals surface area contributed by atoms with E-state index < -0.39 is 0 Å². The van der Waals surface area contributed by atoms with E-state index in [9.17, 15) is 4.39 Å². The first kappa shape index (κ1) is 14.2. The van der Waals surface area contributed by atoms with E-state index in [0.29, 0.717) is 0 Å². The first-order chi connectivity index (χ1) is 11.3. The lowest BCUT2D eigenvalue weighted by Crippen LogP contribution is -2.18. The smallest absolute Gasteiger partial charge is 0.143 e. The van der Waals surface area contributed by atoms with Crippen LogP contribution in [0.5, 0.6) is 0 Å². The Morgan fingerprint density at radius 1 is 1.35 bits per heavy atom. The summed E-state index contributed by atoms with van der Waals surface area (Å²) in [5, 5.41) is 4.63. The Labute approximate surface area is 134 Å². The molecule has 2 N–H and O–H groups in total. The first-order valence-electron chi connectivity index (χ1n) is 8.12. The van der Waals surface area contributed by atoms with E-state index >= 15 is 0 Å². The molecule has 0 spiro atoms. The third kappa shape index (κ3) is 2.46. The minimum absolute atomic E-state index is 0.160. The molecule has 118 valence electrons. The van der Waals surface area contributed by atoms with Crippen molar-refractivity contribution in [3.05, 3.63) is 53.2 Å². The summed E-state index contributed by atoms with van der Waals surface area (Å²) in [6.45, 7) is 2.12. The fourth-order valence-corrected chi connectivity index (χ4v) is 3.51.